The number of carbonyl (C=O) groups is 2. The third-order valence-electron chi connectivity index (χ3n) is 5.88. The van der Waals surface area contributed by atoms with Crippen LogP contribution in [0.5, 0.6) is 0 Å². The van der Waals surface area contributed by atoms with Gasteiger partial charge in [0, 0.05) is 48.2 Å². The lowest BCUT2D eigenvalue weighted by molar-refractivity contribution is -0.384. The van der Waals surface area contributed by atoms with Crippen molar-refractivity contribution in [3.05, 3.63) is 63.7 Å². The monoisotopic (exact) mass is 422 g/mol. The van der Waals surface area contributed by atoms with Gasteiger partial charge in [0.05, 0.1) is 10.5 Å². The van der Waals surface area contributed by atoms with Crippen molar-refractivity contribution in [2.45, 2.75) is 38.6 Å². The average molecular weight is 422 g/mol. The van der Waals surface area contributed by atoms with Crippen LogP contribution in [0.15, 0.2) is 42.5 Å². The van der Waals surface area contributed by atoms with Crippen LogP contribution in [-0.4, -0.2) is 35.9 Å². The predicted molar refractivity (Wildman–Crippen MR) is 119 cm³/mol. The molecule has 0 aromatic heterocycles. The number of amides is 2. The van der Waals surface area contributed by atoms with Crippen molar-refractivity contribution in [3.63, 3.8) is 0 Å². The Kier molecular flexibility index (Phi) is 5.88. The van der Waals surface area contributed by atoms with E-state index in [2.05, 4.69) is 22.5 Å². The van der Waals surface area contributed by atoms with Crippen molar-refractivity contribution in [2.24, 2.45) is 5.92 Å². The number of piperidine rings is 1. The highest BCUT2D eigenvalue weighted by Gasteiger charge is 2.27. The van der Waals surface area contributed by atoms with Crippen LogP contribution in [0, 0.1) is 16.0 Å². The molecule has 8 nitrogen and oxygen atoms in total. The van der Waals surface area contributed by atoms with Crippen LogP contribution in [-0.2, 0) is 0 Å². The van der Waals surface area contributed by atoms with E-state index < -0.39 is 4.92 Å². The Morgan fingerprint density at radius 1 is 1.00 bits per heavy atom. The van der Waals surface area contributed by atoms with Crippen LogP contribution in [0.3, 0.4) is 0 Å². The topological polar surface area (TPSA) is 105 Å². The lowest BCUT2D eigenvalue weighted by Crippen LogP contribution is -2.35. The summed E-state index contributed by atoms with van der Waals surface area (Å²) in [7, 11) is 0. The number of non-ortho nitro benzene ring substituents is 1. The van der Waals surface area contributed by atoms with Crippen molar-refractivity contribution in [3.8, 4) is 0 Å². The minimum Gasteiger partial charge on any atom is -0.371 e. The summed E-state index contributed by atoms with van der Waals surface area (Å²) in [5.41, 5.74) is 2.19. The SMILES string of the molecule is CC1CCN(c2ccc(NC(=O)c3ccc([N+](=O)[O-])cc3)cc2C(=O)NC2CC2)CC1. The molecule has 8 heteroatoms. The maximum atomic E-state index is 12.9. The Morgan fingerprint density at radius 3 is 2.29 bits per heavy atom. The van der Waals surface area contributed by atoms with Gasteiger partial charge in [0.25, 0.3) is 17.5 Å². The number of nitro groups is 1. The van der Waals surface area contributed by atoms with Gasteiger partial charge in [0.15, 0.2) is 0 Å². The zero-order valence-corrected chi connectivity index (χ0v) is 17.5. The van der Waals surface area contributed by atoms with Gasteiger partial charge in [-0.15, -0.1) is 0 Å². The lowest BCUT2D eigenvalue weighted by Gasteiger charge is -2.33. The summed E-state index contributed by atoms with van der Waals surface area (Å²) in [6.07, 6.45) is 4.17. The first kappa shape index (κ1) is 20.8. The van der Waals surface area contributed by atoms with Crippen molar-refractivity contribution >= 4 is 28.9 Å². The number of hydrogen-bond acceptors (Lipinski definition) is 5. The van der Waals surface area contributed by atoms with Crippen molar-refractivity contribution < 1.29 is 14.5 Å². The summed E-state index contributed by atoms with van der Waals surface area (Å²) in [4.78, 5) is 38.0. The van der Waals surface area contributed by atoms with Gasteiger partial charge >= 0.3 is 0 Å². The fourth-order valence-electron chi connectivity index (χ4n) is 3.75. The summed E-state index contributed by atoms with van der Waals surface area (Å²) in [5, 5.41) is 16.6. The molecular formula is C23H26N4O4. The quantitative estimate of drug-likeness (QED) is 0.541. The largest absolute Gasteiger partial charge is 0.371 e. The number of carbonyl (C=O) groups excluding carboxylic acids is 2. The summed E-state index contributed by atoms with van der Waals surface area (Å²) >= 11 is 0. The van der Waals surface area contributed by atoms with Gasteiger partial charge < -0.3 is 15.5 Å². The number of hydrogen-bond donors (Lipinski definition) is 2. The Labute approximate surface area is 180 Å². The smallest absolute Gasteiger partial charge is 0.269 e. The van der Waals surface area contributed by atoms with Crippen LogP contribution in [0.4, 0.5) is 17.1 Å². The fourth-order valence-corrected chi connectivity index (χ4v) is 3.75. The van der Waals surface area contributed by atoms with E-state index in [0.29, 0.717) is 22.7 Å². The van der Waals surface area contributed by atoms with Gasteiger partial charge in [-0.1, -0.05) is 6.92 Å². The standard InChI is InChI=1S/C23H26N4O4/c1-15-10-12-26(13-11-15)21-9-6-18(14-20(21)23(29)24-17-4-5-17)25-22(28)16-2-7-19(8-3-16)27(30)31/h2-3,6-9,14-15,17H,4-5,10-13H2,1H3,(H,24,29)(H,25,28). The van der Waals surface area contributed by atoms with Crippen molar-refractivity contribution in [2.75, 3.05) is 23.3 Å². The van der Waals surface area contributed by atoms with Crippen molar-refractivity contribution in [1.82, 2.24) is 5.32 Å². The van der Waals surface area contributed by atoms with Crippen LogP contribution in [0.2, 0.25) is 0 Å². The Morgan fingerprint density at radius 2 is 1.68 bits per heavy atom. The first-order valence-corrected chi connectivity index (χ1v) is 10.7. The van der Waals surface area contributed by atoms with E-state index in [1.807, 2.05) is 6.07 Å². The summed E-state index contributed by atoms with van der Waals surface area (Å²) in [6, 6.07) is 11.1. The summed E-state index contributed by atoms with van der Waals surface area (Å²) in [5.74, 6) is 0.172. The lowest BCUT2D eigenvalue weighted by atomic mass is 9.97. The molecule has 1 saturated carbocycles. The highest BCUT2D eigenvalue weighted by molar-refractivity contribution is 6.06. The second-order valence-electron chi connectivity index (χ2n) is 8.41. The molecule has 1 aliphatic heterocycles. The molecule has 0 unspecified atom stereocenters. The molecule has 1 saturated heterocycles. The second kappa shape index (κ2) is 8.75. The van der Waals surface area contributed by atoms with E-state index in [4.69, 9.17) is 0 Å². The molecule has 4 rings (SSSR count). The van der Waals surface area contributed by atoms with E-state index in [1.54, 1.807) is 12.1 Å². The number of nitrogens with zero attached hydrogens (tertiary/aromatic N) is 2. The zero-order valence-electron chi connectivity index (χ0n) is 17.5. The Balaban J connectivity index is 1.55. The molecule has 0 radical (unpaired) electrons. The van der Waals surface area contributed by atoms with Gasteiger partial charge in [-0.2, -0.15) is 0 Å². The number of rotatable bonds is 6. The molecule has 1 aliphatic carbocycles. The van der Waals surface area contributed by atoms with E-state index in [-0.39, 0.29) is 23.5 Å². The highest BCUT2D eigenvalue weighted by Crippen LogP contribution is 2.30. The molecular weight excluding hydrogens is 396 g/mol. The molecule has 2 N–H and O–H groups in total. The average Bonchev–Trinajstić information content (AvgIpc) is 3.58. The fraction of sp³-hybridized carbons (Fsp3) is 0.391. The van der Waals surface area contributed by atoms with Crippen LogP contribution >= 0.6 is 0 Å². The highest BCUT2D eigenvalue weighted by atomic mass is 16.6. The molecule has 2 fully saturated rings. The molecule has 0 spiro atoms. The van der Waals surface area contributed by atoms with Gasteiger partial charge in [-0.05, 0) is 61.9 Å². The zero-order chi connectivity index (χ0) is 22.0. The molecule has 2 aromatic carbocycles. The van der Waals surface area contributed by atoms with Crippen LogP contribution in [0.25, 0.3) is 0 Å². The summed E-state index contributed by atoms with van der Waals surface area (Å²) < 4.78 is 0. The number of benzene rings is 2. The maximum Gasteiger partial charge on any atom is 0.269 e. The summed E-state index contributed by atoms with van der Waals surface area (Å²) in [6.45, 7) is 4.05. The first-order chi connectivity index (χ1) is 14.9. The van der Waals surface area contributed by atoms with Gasteiger partial charge in [0.2, 0.25) is 0 Å². The number of anilines is 2. The Hall–Kier alpha value is -3.42. The van der Waals surface area contributed by atoms with E-state index in [9.17, 15) is 19.7 Å². The molecule has 0 bridgehead atoms. The molecule has 0 atom stereocenters. The number of nitrogens with one attached hydrogen (secondary N) is 2. The van der Waals surface area contributed by atoms with Crippen LogP contribution in [0.1, 0.15) is 53.3 Å². The van der Waals surface area contributed by atoms with Gasteiger partial charge in [0.1, 0.15) is 0 Å². The third-order valence-corrected chi connectivity index (χ3v) is 5.88. The maximum absolute atomic E-state index is 12.9. The molecule has 2 amide bonds. The first-order valence-electron chi connectivity index (χ1n) is 10.7. The van der Waals surface area contributed by atoms with E-state index in [1.165, 1.54) is 24.3 Å². The van der Waals surface area contributed by atoms with Crippen molar-refractivity contribution in [1.29, 1.82) is 0 Å². The Bertz CT molecular complexity index is 993. The van der Waals surface area contributed by atoms with Gasteiger partial charge in [-0.3, -0.25) is 19.7 Å². The van der Waals surface area contributed by atoms with E-state index in [0.717, 1.165) is 44.5 Å². The minimum absolute atomic E-state index is 0.0733. The second-order valence-corrected chi connectivity index (χ2v) is 8.41. The normalized spacial score (nSPS) is 16.6. The number of nitro benzene ring substituents is 1. The predicted octanol–water partition coefficient (Wildman–Crippen LogP) is 3.98. The van der Waals surface area contributed by atoms with Crippen LogP contribution < -0.4 is 15.5 Å². The third kappa shape index (κ3) is 5.02. The molecule has 31 heavy (non-hydrogen) atoms. The molecule has 2 aliphatic rings. The van der Waals surface area contributed by atoms with Gasteiger partial charge in [-0.25, -0.2) is 0 Å². The minimum atomic E-state index is -0.507. The molecule has 2 aromatic rings. The van der Waals surface area contributed by atoms with E-state index >= 15 is 0 Å². The molecule has 162 valence electrons. The molecule has 1 heterocycles.